The van der Waals surface area contributed by atoms with Gasteiger partial charge in [-0.05, 0) is 0 Å². The summed E-state index contributed by atoms with van der Waals surface area (Å²) < 4.78 is 213. The summed E-state index contributed by atoms with van der Waals surface area (Å²) in [6, 6.07) is 0. The van der Waals surface area contributed by atoms with Crippen LogP contribution < -0.4 is 0 Å². The van der Waals surface area contributed by atoms with Gasteiger partial charge in [0.15, 0.2) is 6.10 Å². The van der Waals surface area contributed by atoms with E-state index in [1.54, 1.807) is 0 Å². The van der Waals surface area contributed by atoms with Crippen molar-refractivity contribution < 1.29 is 104 Å². The molecule has 2 atom stereocenters. The SMILES string of the molecule is OCCOC(F)(C(F)(F)F)C(F)(F)OC(F)(F)OC(F)(F)COCOCC(OC(F)(F)CO)C(F)(F)F. The molecule has 0 saturated carbocycles. The van der Waals surface area contributed by atoms with Crippen LogP contribution in [0.1, 0.15) is 0 Å². The quantitative estimate of drug-likeness (QED) is 0.150. The summed E-state index contributed by atoms with van der Waals surface area (Å²) in [5.41, 5.74) is 0. The number of ether oxygens (including phenoxy) is 6. The number of alkyl halides is 15. The summed E-state index contributed by atoms with van der Waals surface area (Å²) in [7, 11) is 0. The molecule has 0 aromatic rings. The molecule has 0 radical (unpaired) electrons. The molecule has 0 saturated heterocycles. The van der Waals surface area contributed by atoms with Crippen LogP contribution in [-0.2, 0) is 28.4 Å². The van der Waals surface area contributed by atoms with Crippen LogP contribution in [0.15, 0.2) is 0 Å². The highest BCUT2D eigenvalue weighted by Gasteiger charge is 2.77. The van der Waals surface area contributed by atoms with E-state index in [2.05, 4.69) is 28.4 Å². The standard InChI is InChI=1S/C14H15F15O8/c15-8(16,4-31)35-7(10(19,20)21)3-32-6-33-5-9(17,18)36-14(28,29)37-13(26,27)11(22,12(23,24)25)34-2-1-30/h7,30-31H,1-6H2. The van der Waals surface area contributed by atoms with Crippen molar-refractivity contribution in [1.29, 1.82) is 0 Å². The molecule has 0 bridgehead atoms. The van der Waals surface area contributed by atoms with Crippen LogP contribution >= 0.6 is 0 Å². The van der Waals surface area contributed by atoms with Gasteiger partial charge in [0.25, 0.3) is 0 Å². The van der Waals surface area contributed by atoms with E-state index in [4.69, 9.17) is 10.2 Å². The zero-order valence-electron chi connectivity index (χ0n) is 17.3. The molecule has 0 heterocycles. The molecule has 23 heteroatoms. The minimum atomic E-state index is -6.83. The number of hydrogen-bond donors (Lipinski definition) is 2. The van der Waals surface area contributed by atoms with Crippen molar-refractivity contribution in [2.24, 2.45) is 0 Å². The molecule has 0 amide bonds. The molecule has 0 aromatic carbocycles. The summed E-state index contributed by atoms with van der Waals surface area (Å²) in [4.78, 5) is 0. The van der Waals surface area contributed by atoms with Gasteiger partial charge >= 0.3 is 42.8 Å². The Morgan fingerprint density at radius 3 is 1.65 bits per heavy atom. The van der Waals surface area contributed by atoms with E-state index in [9.17, 15) is 65.9 Å². The van der Waals surface area contributed by atoms with E-state index in [0.29, 0.717) is 0 Å². The average molecular weight is 596 g/mol. The highest BCUT2D eigenvalue weighted by atomic mass is 19.4. The third kappa shape index (κ3) is 11.5. The highest BCUT2D eigenvalue weighted by Crippen LogP contribution is 2.49. The van der Waals surface area contributed by atoms with Gasteiger partial charge in [-0.2, -0.15) is 57.1 Å². The van der Waals surface area contributed by atoms with Crippen LogP contribution in [-0.4, -0.2) is 99.0 Å². The first-order chi connectivity index (χ1) is 16.3. The third-order valence-electron chi connectivity index (χ3n) is 3.22. The molecule has 0 aliphatic heterocycles. The summed E-state index contributed by atoms with van der Waals surface area (Å²) in [6.07, 6.45) is -39.3. The number of rotatable bonds is 17. The molecule has 2 N–H and O–H groups in total. The Balaban J connectivity index is 5.08. The second-order valence-electron chi connectivity index (χ2n) is 6.27. The number of aliphatic hydroxyl groups is 2. The van der Waals surface area contributed by atoms with Gasteiger partial charge in [0.05, 0.1) is 19.8 Å². The fraction of sp³-hybridized carbons (Fsp3) is 1.00. The summed E-state index contributed by atoms with van der Waals surface area (Å²) in [6.45, 7) is -11.8. The minimum Gasteiger partial charge on any atom is -0.394 e. The Bertz CT molecular complexity index is 687. The Morgan fingerprint density at radius 2 is 1.22 bits per heavy atom. The molecule has 37 heavy (non-hydrogen) atoms. The van der Waals surface area contributed by atoms with Crippen LogP contribution in [0.5, 0.6) is 0 Å². The fourth-order valence-electron chi connectivity index (χ4n) is 1.77. The first-order valence-corrected chi connectivity index (χ1v) is 8.78. The second-order valence-corrected chi connectivity index (χ2v) is 6.27. The van der Waals surface area contributed by atoms with E-state index in [-0.39, 0.29) is 0 Å². The lowest BCUT2D eigenvalue weighted by atomic mass is 10.2. The first-order valence-electron chi connectivity index (χ1n) is 8.78. The molecule has 0 rings (SSSR count). The molecule has 0 aliphatic rings. The zero-order valence-corrected chi connectivity index (χ0v) is 17.3. The molecule has 0 aliphatic carbocycles. The van der Waals surface area contributed by atoms with Crippen LogP contribution in [0.2, 0.25) is 0 Å². The van der Waals surface area contributed by atoms with Crippen LogP contribution in [0.4, 0.5) is 65.9 Å². The number of aliphatic hydroxyl groups excluding tert-OH is 2. The average Bonchev–Trinajstić information content (AvgIpc) is 2.67. The summed E-state index contributed by atoms with van der Waals surface area (Å²) in [5, 5.41) is 16.4. The number of hydrogen-bond acceptors (Lipinski definition) is 8. The molecule has 8 nitrogen and oxygen atoms in total. The Kier molecular flexibility index (Phi) is 12.2. The van der Waals surface area contributed by atoms with Crippen LogP contribution in [0.3, 0.4) is 0 Å². The molecular formula is C14H15F15O8. The van der Waals surface area contributed by atoms with Crippen molar-refractivity contribution in [3.63, 3.8) is 0 Å². The molecule has 2 unspecified atom stereocenters. The smallest absolute Gasteiger partial charge is 0.394 e. The lowest BCUT2D eigenvalue weighted by Gasteiger charge is -2.35. The Labute approximate surface area is 194 Å². The lowest BCUT2D eigenvalue weighted by molar-refractivity contribution is -0.558. The minimum absolute atomic E-state index is 1.54. The summed E-state index contributed by atoms with van der Waals surface area (Å²) >= 11 is 0. The van der Waals surface area contributed by atoms with Crippen molar-refractivity contribution >= 4 is 0 Å². The van der Waals surface area contributed by atoms with Crippen molar-refractivity contribution in [2.75, 3.05) is 39.8 Å². The van der Waals surface area contributed by atoms with E-state index in [0.717, 1.165) is 0 Å². The number of halogens is 15. The van der Waals surface area contributed by atoms with E-state index >= 15 is 0 Å². The fourth-order valence-corrected chi connectivity index (χ4v) is 1.77. The predicted molar refractivity (Wildman–Crippen MR) is 79.7 cm³/mol. The monoisotopic (exact) mass is 596 g/mol. The van der Waals surface area contributed by atoms with Gasteiger partial charge < -0.3 is 29.2 Å². The van der Waals surface area contributed by atoms with Gasteiger partial charge in [-0.3, -0.25) is 0 Å². The summed E-state index contributed by atoms with van der Waals surface area (Å²) in [5.74, 6) is -6.40. The predicted octanol–water partition coefficient (Wildman–Crippen LogP) is 3.52. The van der Waals surface area contributed by atoms with Gasteiger partial charge in [-0.25, -0.2) is 9.47 Å². The first kappa shape index (κ1) is 35.6. The van der Waals surface area contributed by atoms with Gasteiger partial charge in [0.1, 0.15) is 20.0 Å². The maximum atomic E-state index is 13.7. The largest absolute Gasteiger partial charge is 0.495 e. The van der Waals surface area contributed by atoms with Crippen molar-refractivity contribution in [3.8, 4) is 0 Å². The van der Waals surface area contributed by atoms with Crippen molar-refractivity contribution in [1.82, 2.24) is 0 Å². The van der Waals surface area contributed by atoms with E-state index in [1.807, 2.05) is 0 Å². The molecule has 224 valence electrons. The van der Waals surface area contributed by atoms with Crippen LogP contribution in [0.25, 0.3) is 0 Å². The zero-order chi connectivity index (χ0) is 29.6. The Hall–Kier alpha value is -1.37. The third-order valence-corrected chi connectivity index (χ3v) is 3.22. The van der Waals surface area contributed by atoms with Gasteiger partial charge in [0, 0.05) is 0 Å². The molecule has 0 aromatic heterocycles. The van der Waals surface area contributed by atoms with Gasteiger partial charge in [-0.1, -0.05) is 0 Å². The van der Waals surface area contributed by atoms with E-state index < -0.39 is 88.8 Å². The normalized spacial score (nSPS) is 17.1. The molecule has 0 spiro atoms. The maximum absolute atomic E-state index is 13.7. The maximum Gasteiger partial charge on any atom is 0.495 e. The second kappa shape index (κ2) is 12.7. The van der Waals surface area contributed by atoms with Crippen molar-refractivity contribution in [3.05, 3.63) is 0 Å². The molecular weight excluding hydrogens is 581 g/mol. The van der Waals surface area contributed by atoms with E-state index in [1.165, 1.54) is 0 Å². The van der Waals surface area contributed by atoms with Crippen LogP contribution in [0, 0.1) is 0 Å². The molecule has 0 fully saturated rings. The lowest BCUT2D eigenvalue weighted by Crippen LogP contribution is -2.61. The van der Waals surface area contributed by atoms with Crippen molar-refractivity contribution in [2.45, 2.75) is 48.9 Å². The highest BCUT2D eigenvalue weighted by molar-refractivity contribution is 4.87. The topological polar surface area (TPSA) is 95.8 Å². The van der Waals surface area contributed by atoms with Gasteiger partial charge in [0.2, 0.25) is 0 Å². The Morgan fingerprint density at radius 1 is 0.676 bits per heavy atom. The van der Waals surface area contributed by atoms with Gasteiger partial charge in [-0.15, -0.1) is 8.78 Å².